The Morgan fingerprint density at radius 2 is 1.88 bits per heavy atom. The van der Waals surface area contributed by atoms with Gasteiger partial charge in [0.05, 0.1) is 24.8 Å². The third kappa shape index (κ3) is 5.61. The zero-order valence-electron chi connectivity index (χ0n) is 18.0. The van der Waals surface area contributed by atoms with Crippen molar-refractivity contribution in [1.82, 2.24) is 14.5 Å². The summed E-state index contributed by atoms with van der Waals surface area (Å²) in [5, 5.41) is 11.6. The summed E-state index contributed by atoms with van der Waals surface area (Å²) >= 11 is 0. The molecule has 1 N–H and O–H groups in total. The van der Waals surface area contributed by atoms with Crippen LogP contribution in [0.4, 0.5) is 17.6 Å². The molecule has 1 amide bonds. The van der Waals surface area contributed by atoms with Crippen molar-refractivity contribution in [2.24, 2.45) is 7.05 Å². The number of alkyl halides is 3. The molecule has 1 aromatic carbocycles. The maximum atomic E-state index is 14.6. The van der Waals surface area contributed by atoms with Gasteiger partial charge in [-0.05, 0) is 13.0 Å². The van der Waals surface area contributed by atoms with E-state index in [1.54, 1.807) is 6.07 Å². The minimum absolute atomic E-state index is 0.0873. The Morgan fingerprint density at radius 3 is 2.44 bits per heavy atom. The first kappa shape index (κ1) is 26.1. The summed E-state index contributed by atoms with van der Waals surface area (Å²) in [7, 11) is 1.92. The third-order valence-electron chi connectivity index (χ3n) is 4.55. The number of nitriles is 1. The molecule has 0 saturated carbocycles. The van der Waals surface area contributed by atoms with E-state index < -0.39 is 63.9 Å². The first-order chi connectivity index (χ1) is 15.8. The number of hydrogen-bond acceptors (Lipinski definition) is 7. The van der Waals surface area contributed by atoms with Crippen LogP contribution < -0.4 is 21.3 Å². The number of nitrogens with zero attached hydrogens (tertiary/aromatic N) is 3. The summed E-state index contributed by atoms with van der Waals surface area (Å²) in [6.07, 6.45) is -6.42. The van der Waals surface area contributed by atoms with Crippen LogP contribution in [0.3, 0.4) is 0 Å². The molecule has 0 radical (unpaired) electrons. The molecule has 2 rings (SSSR count). The molecule has 0 aliphatic heterocycles. The molecule has 1 atom stereocenters. The van der Waals surface area contributed by atoms with Gasteiger partial charge in [-0.2, -0.15) is 18.4 Å². The highest BCUT2D eigenvalue weighted by atomic mass is 19.4. The van der Waals surface area contributed by atoms with Crippen molar-refractivity contribution in [2.75, 3.05) is 13.7 Å². The molecule has 0 bridgehead atoms. The summed E-state index contributed by atoms with van der Waals surface area (Å²) in [5.74, 6) is -2.98. The fourth-order valence-electron chi connectivity index (χ4n) is 2.80. The standard InChI is InChI=1S/C20H18F4N4O6/c1-10(18(31)26-5-4-17(30)33-3)34-14-7-13(12(21)6-11(14)9-25)28-16(29)8-15(20(22,23)24)27(2)19(28)32/h6-8,10H,4-5H2,1-3H3,(H,26,31). The topological polar surface area (TPSA) is 132 Å². The molecule has 1 heterocycles. The molecule has 1 unspecified atom stereocenters. The van der Waals surface area contributed by atoms with E-state index in [1.165, 1.54) is 14.0 Å². The van der Waals surface area contributed by atoms with Crippen molar-refractivity contribution in [3.05, 3.63) is 56.1 Å². The minimum atomic E-state index is -5.01. The first-order valence-corrected chi connectivity index (χ1v) is 9.47. The van der Waals surface area contributed by atoms with E-state index in [1.807, 2.05) is 0 Å². The van der Waals surface area contributed by atoms with Crippen molar-refractivity contribution in [3.8, 4) is 17.5 Å². The van der Waals surface area contributed by atoms with Gasteiger partial charge < -0.3 is 14.8 Å². The van der Waals surface area contributed by atoms with Crippen molar-refractivity contribution in [2.45, 2.75) is 25.6 Å². The van der Waals surface area contributed by atoms with Gasteiger partial charge in [-0.3, -0.25) is 19.0 Å². The Bertz CT molecular complexity index is 1280. The van der Waals surface area contributed by atoms with Gasteiger partial charge in [0.2, 0.25) is 0 Å². The van der Waals surface area contributed by atoms with Crippen molar-refractivity contribution in [3.63, 3.8) is 0 Å². The summed E-state index contributed by atoms with van der Waals surface area (Å²) in [6.45, 7) is 1.18. The largest absolute Gasteiger partial charge is 0.479 e. The smallest absolute Gasteiger partial charge is 0.431 e. The molecule has 14 heteroatoms. The maximum Gasteiger partial charge on any atom is 0.431 e. The zero-order valence-corrected chi connectivity index (χ0v) is 18.0. The SMILES string of the molecule is COC(=O)CCNC(=O)C(C)Oc1cc(-n2c(=O)cc(C(F)(F)F)n(C)c2=O)c(F)cc1C#N. The van der Waals surface area contributed by atoms with Crippen LogP contribution in [0.1, 0.15) is 24.6 Å². The van der Waals surface area contributed by atoms with Crippen LogP contribution in [-0.2, 0) is 27.5 Å². The normalized spacial score (nSPS) is 11.9. The average Bonchev–Trinajstić information content (AvgIpc) is 2.76. The van der Waals surface area contributed by atoms with Gasteiger partial charge >= 0.3 is 17.8 Å². The molecule has 2 aromatic rings. The maximum absolute atomic E-state index is 14.6. The Morgan fingerprint density at radius 1 is 1.24 bits per heavy atom. The fourth-order valence-corrected chi connectivity index (χ4v) is 2.80. The molecule has 34 heavy (non-hydrogen) atoms. The van der Waals surface area contributed by atoms with Gasteiger partial charge in [0, 0.05) is 25.7 Å². The zero-order chi connectivity index (χ0) is 25.8. The summed E-state index contributed by atoms with van der Waals surface area (Å²) in [5.41, 5.74) is -5.71. The minimum Gasteiger partial charge on any atom is -0.479 e. The lowest BCUT2D eigenvalue weighted by Crippen LogP contribution is -2.41. The number of nitrogens with one attached hydrogen (secondary N) is 1. The highest BCUT2D eigenvalue weighted by Gasteiger charge is 2.35. The number of benzene rings is 1. The van der Waals surface area contributed by atoms with Crippen LogP contribution in [0.2, 0.25) is 0 Å². The van der Waals surface area contributed by atoms with Crippen LogP contribution in [0.15, 0.2) is 27.8 Å². The van der Waals surface area contributed by atoms with E-state index in [0.717, 1.165) is 13.1 Å². The van der Waals surface area contributed by atoms with Crippen molar-refractivity contribution >= 4 is 11.9 Å². The second-order valence-electron chi connectivity index (χ2n) is 6.83. The van der Waals surface area contributed by atoms with E-state index in [0.29, 0.717) is 6.07 Å². The van der Waals surface area contributed by atoms with Gasteiger partial charge in [0.25, 0.3) is 11.5 Å². The Hall–Kier alpha value is -4.15. The molecule has 182 valence electrons. The van der Waals surface area contributed by atoms with Crippen molar-refractivity contribution < 1.29 is 36.6 Å². The quantitative estimate of drug-likeness (QED) is 0.456. The highest BCUT2D eigenvalue weighted by molar-refractivity contribution is 5.81. The molecule has 0 aliphatic rings. The van der Waals surface area contributed by atoms with E-state index in [9.17, 15) is 42.0 Å². The van der Waals surface area contributed by atoms with Gasteiger partial charge in [-0.25, -0.2) is 13.8 Å². The van der Waals surface area contributed by atoms with Crippen LogP contribution >= 0.6 is 0 Å². The van der Waals surface area contributed by atoms with Gasteiger partial charge in [-0.1, -0.05) is 0 Å². The molecule has 0 fully saturated rings. The highest BCUT2D eigenvalue weighted by Crippen LogP contribution is 2.28. The lowest BCUT2D eigenvalue weighted by atomic mass is 10.1. The summed E-state index contributed by atoms with van der Waals surface area (Å²) in [4.78, 5) is 48.0. The number of carbonyl (C=O) groups excluding carboxylic acids is 2. The second kappa shape index (κ2) is 10.2. The molecular formula is C20H18F4N4O6. The lowest BCUT2D eigenvalue weighted by Gasteiger charge is -2.18. The molecule has 0 spiro atoms. The number of ether oxygens (including phenoxy) is 2. The third-order valence-corrected chi connectivity index (χ3v) is 4.55. The molecule has 10 nitrogen and oxygen atoms in total. The Kier molecular flexibility index (Phi) is 7.83. The number of amides is 1. The predicted octanol–water partition coefficient (Wildman–Crippen LogP) is 1.01. The van der Waals surface area contributed by atoms with E-state index >= 15 is 0 Å². The number of rotatable bonds is 7. The number of hydrogen-bond donors (Lipinski definition) is 1. The molecule has 1 aromatic heterocycles. The summed E-state index contributed by atoms with van der Waals surface area (Å²) < 4.78 is 63.9. The lowest BCUT2D eigenvalue weighted by molar-refractivity contribution is -0.144. The van der Waals surface area contributed by atoms with Crippen molar-refractivity contribution in [1.29, 1.82) is 5.26 Å². The van der Waals surface area contributed by atoms with Crippen LogP contribution in [-0.4, -0.2) is 40.8 Å². The number of esters is 1. The van der Waals surface area contributed by atoms with Crippen LogP contribution in [0.5, 0.6) is 5.75 Å². The van der Waals surface area contributed by atoms with Gasteiger partial charge in [0.1, 0.15) is 23.3 Å². The summed E-state index contributed by atoms with van der Waals surface area (Å²) in [6, 6.07) is 3.10. The first-order valence-electron chi connectivity index (χ1n) is 9.47. The van der Waals surface area contributed by atoms with Gasteiger partial charge in [-0.15, -0.1) is 0 Å². The fraction of sp³-hybridized carbons (Fsp3) is 0.350. The van der Waals surface area contributed by atoms with E-state index in [2.05, 4.69) is 10.1 Å². The number of aromatic nitrogens is 2. The number of methoxy groups -OCH3 is 1. The molecule has 0 saturated heterocycles. The van der Waals surface area contributed by atoms with Gasteiger partial charge in [0.15, 0.2) is 6.10 Å². The Labute approximate surface area is 188 Å². The molecule has 0 aliphatic carbocycles. The number of carbonyl (C=O) groups is 2. The van der Waals surface area contributed by atoms with E-state index in [-0.39, 0.29) is 28.2 Å². The van der Waals surface area contributed by atoms with Crippen LogP contribution in [0.25, 0.3) is 5.69 Å². The Balaban J connectivity index is 2.46. The van der Waals surface area contributed by atoms with Crippen LogP contribution in [0, 0.1) is 17.1 Å². The van der Waals surface area contributed by atoms with E-state index in [4.69, 9.17) is 4.74 Å². The number of halogens is 4. The molecular weight excluding hydrogens is 468 g/mol. The predicted molar refractivity (Wildman–Crippen MR) is 107 cm³/mol. The average molecular weight is 486 g/mol. The monoisotopic (exact) mass is 486 g/mol. The second-order valence-corrected chi connectivity index (χ2v) is 6.83.